The number of rotatable bonds is 15. The summed E-state index contributed by atoms with van der Waals surface area (Å²) in [5, 5.41) is 0. The summed E-state index contributed by atoms with van der Waals surface area (Å²) in [5.41, 5.74) is 0.715. The van der Waals surface area contributed by atoms with Gasteiger partial charge in [-0.15, -0.1) is 0 Å². The van der Waals surface area contributed by atoms with Gasteiger partial charge in [-0.2, -0.15) is 0 Å². The molecule has 0 spiro atoms. The molecule has 5 nitrogen and oxygen atoms in total. The summed E-state index contributed by atoms with van der Waals surface area (Å²) in [6.07, 6.45) is 21.5. The minimum absolute atomic E-state index is 0.218. The number of benzene rings is 1. The number of unbranched alkanes of at least 4 members (excludes halogenated alkanes) is 4. The second-order valence-electron chi connectivity index (χ2n) is 8.08. The predicted octanol–water partition coefficient (Wildman–Crippen LogP) is 6.41. The van der Waals surface area contributed by atoms with Crippen LogP contribution in [0.3, 0.4) is 0 Å². The highest BCUT2D eigenvalue weighted by molar-refractivity contribution is 6.22. The molecular formula is C28H37NO4. The fourth-order valence-electron chi connectivity index (χ4n) is 3.86. The Kier molecular flexibility index (Phi) is 11.9. The Hall–Kier alpha value is -2.95. The Morgan fingerprint density at radius 1 is 0.848 bits per heavy atom. The van der Waals surface area contributed by atoms with E-state index < -0.39 is 23.8 Å². The molecule has 0 saturated heterocycles. The number of imide groups is 1. The zero-order chi connectivity index (χ0) is 23.9. The van der Waals surface area contributed by atoms with Crippen LogP contribution in [0.2, 0.25) is 0 Å². The first kappa shape index (κ1) is 26.3. The smallest absolute Gasteiger partial charge is 0.329 e. The maximum absolute atomic E-state index is 12.8. The van der Waals surface area contributed by atoms with Crippen molar-refractivity contribution in [3.8, 4) is 0 Å². The molecule has 1 unspecified atom stereocenters. The maximum Gasteiger partial charge on any atom is 0.329 e. The highest BCUT2D eigenvalue weighted by Crippen LogP contribution is 2.27. The van der Waals surface area contributed by atoms with E-state index in [2.05, 4.69) is 43.4 Å². The van der Waals surface area contributed by atoms with Crippen LogP contribution in [0, 0.1) is 0 Å². The first-order chi connectivity index (χ1) is 16.1. The highest BCUT2D eigenvalue weighted by atomic mass is 16.5. The largest absolute Gasteiger partial charge is 0.464 e. The van der Waals surface area contributed by atoms with Gasteiger partial charge < -0.3 is 4.74 Å². The molecule has 0 aromatic heterocycles. The number of carbonyl (C=O) groups excluding carboxylic acids is 3. The standard InChI is InChI=1S/C28H37NO4/c1-3-5-6-7-8-9-10-11-12-13-14-15-16-17-22-25(28(32)33-4-2)29-26(30)23-20-18-19-21-24(23)27(29)31/h5-6,8-9,11-12,18-21,25H,3-4,7,10,13-17,22H2,1-2H3. The van der Waals surface area contributed by atoms with Crippen LogP contribution in [0.4, 0.5) is 0 Å². The van der Waals surface area contributed by atoms with E-state index in [-0.39, 0.29) is 6.61 Å². The number of allylic oxidation sites excluding steroid dienone is 6. The molecule has 178 valence electrons. The molecule has 0 saturated carbocycles. The minimum atomic E-state index is -0.865. The van der Waals surface area contributed by atoms with Gasteiger partial charge in [-0.1, -0.05) is 74.8 Å². The molecule has 2 rings (SSSR count). The summed E-state index contributed by atoms with van der Waals surface area (Å²) in [4.78, 5) is 39.2. The van der Waals surface area contributed by atoms with Crippen LogP contribution in [0.15, 0.2) is 60.7 Å². The number of fused-ring (bicyclic) bond motifs is 1. The predicted molar refractivity (Wildman–Crippen MR) is 132 cm³/mol. The van der Waals surface area contributed by atoms with Crippen LogP contribution < -0.4 is 0 Å². The molecule has 1 aliphatic rings. The molecule has 0 N–H and O–H groups in total. The van der Waals surface area contributed by atoms with E-state index in [1.54, 1.807) is 31.2 Å². The monoisotopic (exact) mass is 451 g/mol. The zero-order valence-corrected chi connectivity index (χ0v) is 20.0. The topological polar surface area (TPSA) is 63.7 Å². The van der Waals surface area contributed by atoms with Crippen LogP contribution in [-0.4, -0.2) is 35.3 Å². The fraction of sp³-hybridized carbons (Fsp3) is 0.464. The number of amides is 2. The van der Waals surface area contributed by atoms with Crippen molar-refractivity contribution >= 4 is 17.8 Å². The van der Waals surface area contributed by atoms with E-state index in [0.717, 1.165) is 56.3 Å². The summed E-state index contributed by atoms with van der Waals surface area (Å²) in [6.45, 7) is 4.08. The summed E-state index contributed by atoms with van der Waals surface area (Å²) in [6, 6.07) is 5.84. The van der Waals surface area contributed by atoms with Crippen LogP contribution >= 0.6 is 0 Å². The van der Waals surface area contributed by atoms with Gasteiger partial charge in [0.25, 0.3) is 11.8 Å². The quantitative estimate of drug-likeness (QED) is 0.134. The van der Waals surface area contributed by atoms with Gasteiger partial charge in [0.1, 0.15) is 6.04 Å². The van der Waals surface area contributed by atoms with E-state index >= 15 is 0 Å². The van der Waals surface area contributed by atoms with Crippen molar-refractivity contribution in [3.63, 3.8) is 0 Å². The Morgan fingerprint density at radius 2 is 1.42 bits per heavy atom. The van der Waals surface area contributed by atoms with Gasteiger partial charge in [0, 0.05) is 0 Å². The third-order valence-electron chi connectivity index (χ3n) is 5.57. The van der Waals surface area contributed by atoms with Crippen molar-refractivity contribution in [1.29, 1.82) is 0 Å². The SMILES string of the molecule is CCC=CCC=CCC=CCCCCCCC(C(=O)OCC)N1C(=O)c2ccccc2C1=O. The lowest BCUT2D eigenvalue weighted by Crippen LogP contribution is -2.45. The van der Waals surface area contributed by atoms with Crippen molar-refractivity contribution < 1.29 is 19.1 Å². The average molecular weight is 452 g/mol. The third-order valence-corrected chi connectivity index (χ3v) is 5.57. The normalized spacial score (nSPS) is 14.7. The third kappa shape index (κ3) is 8.16. The van der Waals surface area contributed by atoms with Crippen molar-refractivity contribution in [2.75, 3.05) is 6.61 Å². The number of hydrogen-bond donors (Lipinski definition) is 0. The molecule has 0 bridgehead atoms. The van der Waals surface area contributed by atoms with E-state index in [4.69, 9.17) is 4.74 Å². The summed E-state index contributed by atoms with van der Waals surface area (Å²) < 4.78 is 5.18. The molecule has 1 heterocycles. The van der Waals surface area contributed by atoms with Crippen molar-refractivity contribution in [2.45, 2.75) is 77.7 Å². The first-order valence-electron chi connectivity index (χ1n) is 12.2. The Morgan fingerprint density at radius 3 is 2.03 bits per heavy atom. The van der Waals surface area contributed by atoms with Gasteiger partial charge in [0.15, 0.2) is 0 Å². The van der Waals surface area contributed by atoms with Crippen molar-refractivity contribution in [2.24, 2.45) is 0 Å². The molecule has 0 fully saturated rings. The highest BCUT2D eigenvalue weighted by Gasteiger charge is 2.42. The van der Waals surface area contributed by atoms with E-state index in [0.29, 0.717) is 17.5 Å². The Balaban J connectivity index is 1.74. The lowest BCUT2D eigenvalue weighted by atomic mass is 10.0. The van der Waals surface area contributed by atoms with Crippen molar-refractivity contribution in [1.82, 2.24) is 4.90 Å². The number of nitrogens with zero attached hydrogens (tertiary/aromatic N) is 1. The first-order valence-corrected chi connectivity index (χ1v) is 12.2. The molecule has 1 aliphatic heterocycles. The van der Waals surface area contributed by atoms with Crippen LogP contribution in [0.1, 0.15) is 92.4 Å². The minimum Gasteiger partial charge on any atom is -0.464 e. The fourth-order valence-corrected chi connectivity index (χ4v) is 3.86. The molecule has 1 aromatic rings. The summed E-state index contributed by atoms with van der Waals surface area (Å²) in [5.74, 6) is -1.32. The number of carbonyl (C=O) groups is 3. The van der Waals surface area contributed by atoms with E-state index in [9.17, 15) is 14.4 Å². The Bertz CT molecular complexity index is 833. The zero-order valence-electron chi connectivity index (χ0n) is 20.0. The van der Waals surface area contributed by atoms with E-state index in [1.165, 1.54) is 0 Å². The number of hydrogen-bond acceptors (Lipinski definition) is 4. The lowest BCUT2D eigenvalue weighted by molar-refractivity contribution is -0.148. The number of ether oxygens (including phenoxy) is 1. The summed E-state index contributed by atoms with van der Waals surface area (Å²) >= 11 is 0. The van der Waals surface area contributed by atoms with Crippen LogP contribution in [0.25, 0.3) is 0 Å². The average Bonchev–Trinajstić information content (AvgIpc) is 3.07. The lowest BCUT2D eigenvalue weighted by Gasteiger charge is -2.24. The molecule has 33 heavy (non-hydrogen) atoms. The molecule has 1 aromatic carbocycles. The van der Waals surface area contributed by atoms with Gasteiger partial charge in [0.2, 0.25) is 0 Å². The maximum atomic E-state index is 12.8. The van der Waals surface area contributed by atoms with Crippen molar-refractivity contribution in [3.05, 3.63) is 71.8 Å². The second kappa shape index (κ2) is 15.0. The van der Waals surface area contributed by atoms with Crippen LogP contribution in [0.5, 0.6) is 0 Å². The molecule has 0 aliphatic carbocycles. The van der Waals surface area contributed by atoms with Crippen LogP contribution in [-0.2, 0) is 9.53 Å². The number of esters is 1. The molecule has 0 radical (unpaired) electrons. The van der Waals surface area contributed by atoms with Gasteiger partial charge in [0.05, 0.1) is 17.7 Å². The molecular weight excluding hydrogens is 414 g/mol. The molecule has 2 amide bonds. The van der Waals surface area contributed by atoms with Gasteiger partial charge in [-0.25, -0.2) is 4.79 Å². The van der Waals surface area contributed by atoms with E-state index in [1.807, 2.05) is 0 Å². The molecule has 1 atom stereocenters. The van der Waals surface area contributed by atoms with Gasteiger partial charge >= 0.3 is 5.97 Å². The molecule has 5 heteroatoms. The Labute approximate surface area is 198 Å². The van der Waals surface area contributed by atoms with Gasteiger partial charge in [-0.05, 0) is 57.6 Å². The van der Waals surface area contributed by atoms with Gasteiger partial charge in [-0.3, -0.25) is 14.5 Å². The second-order valence-corrected chi connectivity index (χ2v) is 8.08. The summed E-state index contributed by atoms with van der Waals surface area (Å²) in [7, 11) is 0.